The Morgan fingerprint density at radius 1 is 1.21 bits per heavy atom. The number of aliphatic hydroxyl groups is 1. The van der Waals surface area contributed by atoms with Crippen molar-refractivity contribution in [3.8, 4) is 0 Å². The fraction of sp³-hybridized carbons (Fsp3) is 0.625. The lowest BCUT2D eigenvalue weighted by molar-refractivity contribution is -0.207. The summed E-state index contributed by atoms with van der Waals surface area (Å²) in [6, 6.07) is 1.85. The van der Waals surface area contributed by atoms with Crippen LogP contribution in [0.25, 0.3) is 11.0 Å². The third-order valence-electron chi connectivity index (χ3n) is 5.68. The Hall–Kier alpha value is -1.74. The van der Waals surface area contributed by atoms with Gasteiger partial charge in [0.15, 0.2) is 17.6 Å². The Morgan fingerprint density at radius 3 is 2.71 bits per heavy atom. The molecule has 2 aliphatic heterocycles. The second-order valence-corrected chi connectivity index (χ2v) is 7.68. The van der Waals surface area contributed by atoms with Gasteiger partial charge < -0.3 is 29.6 Å². The number of ether oxygens (including phenoxy) is 3. The van der Waals surface area contributed by atoms with Crippen LogP contribution in [-0.2, 0) is 14.2 Å². The summed E-state index contributed by atoms with van der Waals surface area (Å²) in [5.74, 6) is -0.398. The van der Waals surface area contributed by atoms with Crippen LogP contribution in [0.15, 0.2) is 18.6 Å². The third kappa shape index (κ3) is 1.33. The maximum atomic E-state index is 10.8. The summed E-state index contributed by atoms with van der Waals surface area (Å²) in [7, 11) is 0. The van der Waals surface area contributed by atoms with Crippen LogP contribution in [-0.4, -0.2) is 48.3 Å². The SMILES string of the molecule is CC1(C)O[C@]23[C@H](O[C@@H](n4ccc5c(N)ncnc54)[C@]2(C)O1)[C@]3(C)O. The molecule has 0 bridgehead atoms. The number of fused-ring (bicyclic) bond motifs is 1. The van der Waals surface area contributed by atoms with Crippen molar-refractivity contribution >= 4 is 16.9 Å². The molecule has 0 aromatic carbocycles. The summed E-state index contributed by atoms with van der Waals surface area (Å²) < 4.78 is 20.4. The molecule has 2 aromatic rings. The van der Waals surface area contributed by atoms with E-state index >= 15 is 0 Å². The van der Waals surface area contributed by atoms with Gasteiger partial charge >= 0.3 is 0 Å². The van der Waals surface area contributed by atoms with Gasteiger partial charge in [-0.05, 0) is 33.8 Å². The zero-order valence-corrected chi connectivity index (χ0v) is 14.0. The van der Waals surface area contributed by atoms with E-state index in [1.54, 1.807) is 6.92 Å². The second-order valence-electron chi connectivity index (χ2n) is 7.68. The monoisotopic (exact) mass is 332 g/mol. The molecule has 2 aromatic heterocycles. The minimum absolute atomic E-state index is 0.415. The number of hydrogen-bond donors (Lipinski definition) is 2. The second kappa shape index (κ2) is 3.75. The van der Waals surface area contributed by atoms with Gasteiger partial charge in [-0.2, -0.15) is 0 Å². The maximum Gasteiger partial charge on any atom is 0.167 e. The molecule has 1 aliphatic carbocycles. The molecule has 0 unspecified atom stereocenters. The molecule has 3 fully saturated rings. The molecular formula is C16H20N4O4. The molecule has 4 heterocycles. The lowest BCUT2D eigenvalue weighted by Gasteiger charge is -2.35. The van der Waals surface area contributed by atoms with Crippen molar-refractivity contribution in [1.29, 1.82) is 0 Å². The van der Waals surface area contributed by atoms with E-state index in [0.717, 1.165) is 5.39 Å². The average molecular weight is 332 g/mol. The van der Waals surface area contributed by atoms with Crippen molar-refractivity contribution in [2.45, 2.75) is 62.6 Å². The number of aromatic nitrogens is 3. The molecule has 8 nitrogen and oxygen atoms in total. The molecule has 128 valence electrons. The zero-order chi connectivity index (χ0) is 17.1. The number of nitrogens with zero attached hydrogens (tertiary/aromatic N) is 3. The summed E-state index contributed by atoms with van der Waals surface area (Å²) in [6.45, 7) is 7.35. The van der Waals surface area contributed by atoms with Crippen LogP contribution in [0.3, 0.4) is 0 Å². The smallest absolute Gasteiger partial charge is 0.167 e. The van der Waals surface area contributed by atoms with Crippen molar-refractivity contribution in [2.75, 3.05) is 5.73 Å². The topological polar surface area (TPSA) is 105 Å². The molecule has 3 N–H and O–H groups in total. The highest BCUT2D eigenvalue weighted by molar-refractivity contribution is 5.86. The molecule has 8 heteroatoms. The van der Waals surface area contributed by atoms with Crippen LogP contribution in [0, 0.1) is 0 Å². The molecule has 5 rings (SSSR count). The van der Waals surface area contributed by atoms with E-state index in [2.05, 4.69) is 9.97 Å². The molecule has 1 spiro atoms. The Balaban J connectivity index is 1.68. The first kappa shape index (κ1) is 14.6. The fourth-order valence-corrected chi connectivity index (χ4v) is 4.78. The molecule has 3 aliphatic rings. The van der Waals surface area contributed by atoms with E-state index in [4.69, 9.17) is 19.9 Å². The number of hydrogen-bond acceptors (Lipinski definition) is 7. The lowest BCUT2D eigenvalue weighted by atomic mass is 9.92. The number of nitrogen functional groups attached to an aromatic ring is 1. The predicted molar refractivity (Wildman–Crippen MR) is 83.9 cm³/mol. The van der Waals surface area contributed by atoms with Crippen LogP contribution < -0.4 is 5.73 Å². The van der Waals surface area contributed by atoms with Crippen LogP contribution in [0.1, 0.15) is 33.9 Å². The first-order valence-electron chi connectivity index (χ1n) is 7.99. The van der Waals surface area contributed by atoms with E-state index < -0.39 is 34.9 Å². The van der Waals surface area contributed by atoms with Gasteiger partial charge in [-0.15, -0.1) is 0 Å². The Bertz CT molecular complexity index is 878. The Kier molecular flexibility index (Phi) is 2.28. The number of anilines is 1. The van der Waals surface area contributed by atoms with Gasteiger partial charge in [-0.1, -0.05) is 0 Å². The van der Waals surface area contributed by atoms with Crippen LogP contribution in [0.2, 0.25) is 0 Å². The standard InChI is InChI=1S/C16H20N4O4/c1-13(2)23-15(4)12(22-11-14(3,21)16(11,15)24-13)20-6-5-8-9(17)18-7-19-10(8)20/h5-7,11-12,21H,1-4H3,(H2,17,18,19)/t11-,12-,14+,15+,16+/m1/s1. The van der Waals surface area contributed by atoms with Crippen LogP contribution in [0.5, 0.6) is 0 Å². The average Bonchev–Trinajstić information content (AvgIpc) is 2.84. The number of nitrogens with two attached hydrogens (primary N) is 1. The Labute approximate surface area is 138 Å². The maximum absolute atomic E-state index is 10.8. The van der Waals surface area contributed by atoms with Gasteiger partial charge in [0.1, 0.15) is 35.1 Å². The predicted octanol–water partition coefficient (Wildman–Crippen LogP) is 0.956. The van der Waals surface area contributed by atoms with Gasteiger partial charge in [-0.25, -0.2) is 9.97 Å². The van der Waals surface area contributed by atoms with E-state index in [9.17, 15) is 5.11 Å². The van der Waals surface area contributed by atoms with Gasteiger partial charge in [0, 0.05) is 6.20 Å². The third-order valence-corrected chi connectivity index (χ3v) is 5.68. The highest BCUT2D eigenvalue weighted by Gasteiger charge is 2.94. The van der Waals surface area contributed by atoms with Crippen molar-refractivity contribution in [2.24, 2.45) is 0 Å². The van der Waals surface area contributed by atoms with E-state index in [0.29, 0.717) is 11.5 Å². The highest BCUT2D eigenvalue weighted by atomic mass is 16.8. The van der Waals surface area contributed by atoms with Gasteiger partial charge in [0.05, 0.1) is 5.39 Å². The summed E-state index contributed by atoms with van der Waals surface area (Å²) >= 11 is 0. The molecule has 2 saturated heterocycles. The normalized spacial score (nSPS) is 45.4. The molecule has 0 radical (unpaired) electrons. The summed E-state index contributed by atoms with van der Waals surface area (Å²) in [4.78, 5) is 8.35. The summed E-state index contributed by atoms with van der Waals surface area (Å²) in [5, 5.41) is 11.5. The van der Waals surface area contributed by atoms with E-state index in [-0.39, 0.29) is 0 Å². The van der Waals surface area contributed by atoms with Crippen molar-refractivity contribution in [3.05, 3.63) is 18.6 Å². The largest absolute Gasteiger partial charge is 0.384 e. The van der Waals surface area contributed by atoms with Crippen LogP contribution in [0.4, 0.5) is 5.82 Å². The van der Waals surface area contributed by atoms with Gasteiger partial charge in [0.2, 0.25) is 0 Å². The van der Waals surface area contributed by atoms with E-state index in [1.165, 1.54) is 6.33 Å². The Morgan fingerprint density at radius 2 is 1.96 bits per heavy atom. The van der Waals surface area contributed by atoms with Gasteiger partial charge in [0.25, 0.3) is 0 Å². The molecule has 24 heavy (non-hydrogen) atoms. The molecule has 5 atom stereocenters. The first-order valence-corrected chi connectivity index (χ1v) is 7.99. The molecular weight excluding hydrogens is 312 g/mol. The van der Waals surface area contributed by atoms with Crippen LogP contribution >= 0.6 is 0 Å². The summed E-state index contributed by atoms with van der Waals surface area (Å²) in [6.07, 6.45) is 2.33. The molecule has 1 saturated carbocycles. The fourth-order valence-electron chi connectivity index (χ4n) is 4.78. The summed E-state index contributed by atoms with van der Waals surface area (Å²) in [5.41, 5.74) is 3.73. The number of rotatable bonds is 1. The van der Waals surface area contributed by atoms with E-state index in [1.807, 2.05) is 37.6 Å². The highest BCUT2D eigenvalue weighted by Crippen LogP contribution is 2.73. The zero-order valence-electron chi connectivity index (χ0n) is 14.0. The van der Waals surface area contributed by atoms with Crippen molar-refractivity contribution < 1.29 is 19.3 Å². The minimum atomic E-state index is -1.09. The van der Waals surface area contributed by atoms with Gasteiger partial charge in [-0.3, -0.25) is 0 Å². The first-order chi connectivity index (χ1) is 11.1. The lowest BCUT2D eigenvalue weighted by Crippen LogP contribution is -2.49. The molecule has 0 amide bonds. The minimum Gasteiger partial charge on any atom is -0.384 e. The quantitative estimate of drug-likeness (QED) is 0.801. The van der Waals surface area contributed by atoms with Crippen molar-refractivity contribution in [1.82, 2.24) is 14.5 Å². The van der Waals surface area contributed by atoms with Crippen molar-refractivity contribution in [3.63, 3.8) is 0 Å².